The molecule has 2 aromatic rings. The van der Waals surface area contributed by atoms with Crippen molar-refractivity contribution in [2.75, 3.05) is 31.5 Å². The molecule has 3 rings (SSSR count). The lowest BCUT2D eigenvalue weighted by molar-refractivity contribution is -0.114. The lowest BCUT2D eigenvalue weighted by Gasteiger charge is -2.39. The van der Waals surface area contributed by atoms with Crippen molar-refractivity contribution >= 4 is 17.6 Å². The molecule has 1 aromatic heterocycles. The van der Waals surface area contributed by atoms with Crippen molar-refractivity contribution in [2.45, 2.75) is 26.3 Å². The standard InChI is InChI=1S/C22H28N6O/c1-4-18-7-6-8-19(13-18)26-21(29)14-25-22(24-5-2)27-11-9-17(3)20(15-27)28-12-10-23-16-28/h1,6-8,10,12-13,16-17,20H,5,9,11,14-15H2,2-3H3,(H,24,25)(H,26,29). The molecule has 2 atom stereocenters. The van der Waals surface area contributed by atoms with Gasteiger partial charge in [0.05, 0.1) is 12.4 Å². The molecule has 1 aliphatic heterocycles. The van der Waals surface area contributed by atoms with Crippen LogP contribution in [0.2, 0.25) is 0 Å². The lowest BCUT2D eigenvalue weighted by atomic mass is 9.93. The number of anilines is 1. The third-order valence-corrected chi connectivity index (χ3v) is 5.15. The zero-order chi connectivity index (χ0) is 20.6. The number of carbonyl (C=O) groups excluding carboxylic acids is 1. The van der Waals surface area contributed by atoms with E-state index in [0.717, 1.165) is 37.6 Å². The van der Waals surface area contributed by atoms with Crippen LogP contribution < -0.4 is 10.6 Å². The van der Waals surface area contributed by atoms with E-state index in [1.807, 2.05) is 43.8 Å². The number of carbonyl (C=O) groups is 1. The van der Waals surface area contributed by atoms with Crippen molar-refractivity contribution in [1.29, 1.82) is 0 Å². The van der Waals surface area contributed by atoms with Crippen LogP contribution in [0.3, 0.4) is 0 Å². The van der Waals surface area contributed by atoms with Gasteiger partial charge in [-0.3, -0.25) is 4.79 Å². The predicted molar refractivity (Wildman–Crippen MR) is 116 cm³/mol. The summed E-state index contributed by atoms with van der Waals surface area (Å²) in [5, 5.41) is 6.17. The maximum absolute atomic E-state index is 12.4. The number of benzene rings is 1. The summed E-state index contributed by atoms with van der Waals surface area (Å²) in [6.07, 6.45) is 12.2. The molecule has 1 aliphatic rings. The van der Waals surface area contributed by atoms with E-state index in [4.69, 9.17) is 6.42 Å². The highest BCUT2D eigenvalue weighted by molar-refractivity contribution is 5.94. The molecule has 1 saturated heterocycles. The Morgan fingerprint density at radius 3 is 3.03 bits per heavy atom. The van der Waals surface area contributed by atoms with Crippen LogP contribution in [-0.4, -0.2) is 52.5 Å². The highest BCUT2D eigenvalue weighted by Crippen LogP contribution is 2.27. The first kappa shape index (κ1) is 20.5. The Hall–Kier alpha value is -3.27. The van der Waals surface area contributed by atoms with E-state index in [1.54, 1.807) is 6.07 Å². The Morgan fingerprint density at radius 2 is 2.31 bits per heavy atom. The molecule has 7 heteroatoms. The fourth-order valence-electron chi connectivity index (χ4n) is 3.55. The van der Waals surface area contributed by atoms with Crippen molar-refractivity contribution in [3.63, 3.8) is 0 Å². The summed E-state index contributed by atoms with van der Waals surface area (Å²) in [5.74, 6) is 3.71. The number of terminal acetylenes is 1. The van der Waals surface area contributed by atoms with E-state index in [0.29, 0.717) is 17.6 Å². The van der Waals surface area contributed by atoms with Crippen molar-refractivity contribution in [1.82, 2.24) is 19.8 Å². The number of aliphatic imine (C=N–C) groups is 1. The first-order valence-corrected chi connectivity index (χ1v) is 9.98. The van der Waals surface area contributed by atoms with Gasteiger partial charge in [-0.05, 0) is 37.5 Å². The fourth-order valence-corrected chi connectivity index (χ4v) is 3.55. The Bertz CT molecular complexity index is 883. The molecule has 0 saturated carbocycles. The number of guanidine groups is 1. The van der Waals surface area contributed by atoms with E-state index >= 15 is 0 Å². The number of hydrogen-bond donors (Lipinski definition) is 2. The minimum atomic E-state index is -0.175. The van der Waals surface area contributed by atoms with Crippen LogP contribution >= 0.6 is 0 Å². The topological polar surface area (TPSA) is 74.6 Å². The number of hydrogen-bond acceptors (Lipinski definition) is 3. The first-order valence-electron chi connectivity index (χ1n) is 9.98. The molecule has 7 nitrogen and oxygen atoms in total. The highest BCUT2D eigenvalue weighted by atomic mass is 16.1. The first-order chi connectivity index (χ1) is 14.1. The molecule has 0 spiro atoms. The van der Waals surface area contributed by atoms with Crippen LogP contribution in [0.25, 0.3) is 0 Å². The predicted octanol–water partition coefficient (Wildman–Crippen LogP) is 2.35. The van der Waals surface area contributed by atoms with Gasteiger partial charge in [-0.25, -0.2) is 9.98 Å². The molecule has 1 aromatic carbocycles. The van der Waals surface area contributed by atoms with Crippen LogP contribution in [0.4, 0.5) is 5.69 Å². The van der Waals surface area contributed by atoms with Crippen molar-refractivity contribution in [2.24, 2.45) is 10.9 Å². The number of likely N-dealkylation sites (tertiary alicyclic amines) is 1. The fraction of sp³-hybridized carbons (Fsp3) is 0.409. The minimum Gasteiger partial charge on any atom is -0.357 e. The van der Waals surface area contributed by atoms with Crippen LogP contribution in [0, 0.1) is 18.3 Å². The molecule has 152 valence electrons. The summed E-state index contributed by atoms with van der Waals surface area (Å²) in [5.41, 5.74) is 1.41. The molecule has 1 fully saturated rings. The van der Waals surface area contributed by atoms with Gasteiger partial charge in [0.15, 0.2) is 5.96 Å². The van der Waals surface area contributed by atoms with E-state index in [-0.39, 0.29) is 12.5 Å². The molecule has 0 radical (unpaired) electrons. The molecule has 0 bridgehead atoms. The van der Waals surface area contributed by atoms with Crippen LogP contribution in [0.5, 0.6) is 0 Å². The second-order valence-electron chi connectivity index (χ2n) is 7.23. The van der Waals surface area contributed by atoms with Crippen LogP contribution in [0.15, 0.2) is 48.0 Å². The third kappa shape index (κ3) is 5.38. The average Bonchev–Trinajstić information content (AvgIpc) is 3.26. The summed E-state index contributed by atoms with van der Waals surface area (Å²) in [6, 6.07) is 7.56. The Labute approximate surface area is 172 Å². The van der Waals surface area contributed by atoms with Gasteiger partial charge in [0.25, 0.3) is 0 Å². The molecule has 0 aliphatic carbocycles. The summed E-state index contributed by atoms with van der Waals surface area (Å²) >= 11 is 0. The summed E-state index contributed by atoms with van der Waals surface area (Å²) in [7, 11) is 0. The van der Waals surface area contributed by atoms with E-state index in [9.17, 15) is 4.79 Å². The number of nitrogens with one attached hydrogen (secondary N) is 2. The zero-order valence-electron chi connectivity index (χ0n) is 17.0. The molecule has 2 unspecified atom stereocenters. The SMILES string of the molecule is C#Cc1cccc(NC(=O)CN=C(NCC)N2CCC(C)C(n3ccnc3)C2)c1. The summed E-state index contributed by atoms with van der Waals surface area (Å²) < 4.78 is 2.16. The van der Waals surface area contributed by atoms with Crippen molar-refractivity contribution in [3.8, 4) is 12.3 Å². The van der Waals surface area contributed by atoms with Crippen molar-refractivity contribution in [3.05, 3.63) is 48.5 Å². The molecule has 29 heavy (non-hydrogen) atoms. The van der Waals surface area contributed by atoms with E-state index in [1.165, 1.54) is 0 Å². The number of aromatic nitrogens is 2. The second kappa shape index (κ2) is 9.78. The normalized spacial score (nSPS) is 19.5. The van der Waals surface area contributed by atoms with E-state index in [2.05, 4.69) is 42.9 Å². The Balaban J connectivity index is 1.66. The molecule has 2 N–H and O–H groups in total. The highest BCUT2D eigenvalue weighted by Gasteiger charge is 2.28. The Kier molecular flexibility index (Phi) is 6.90. The second-order valence-corrected chi connectivity index (χ2v) is 7.23. The van der Waals surface area contributed by atoms with Gasteiger partial charge in [0.2, 0.25) is 5.91 Å². The smallest absolute Gasteiger partial charge is 0.246 e. The number of piperidine rings is 1. The quantitative estimate of drug-likeness (QED) is 0.465. The van der Waals surface area contributed by atoms with E-state index < -0.39 is 0 Å². The number of nitrogens with zero attached hydrogens (tertiary/aromatic N) is 4. The maximum atomic E-state index is 12.4. The van der Waals surface area contributed by atoms with Gasteiger partial charge in [-0.2, -0.15) is 0 Å². The van der Waals surface area contributed by atoms with Gasteiger partial charge in [-0.1, -0.05) is 18.9 Å². The van der Waals surface area contributed by atoms with Gasteiger partial charge in [0, 0.05) is 43.3 Å². The molecular weight excluding hydrogens is 364 g/mol. The number of amides is 1. The third-order valence-electron chi connectivity index (χ3n) is 5.15. The Morgan fingerprint density at radius 1 is 1.45 bits per heavy atom. The monoisotopic (exact) mass is 392 g/mol. The molecule has 1 amide bonds. The maximum Gasteiger partial charge on any atom is 0.246 e. The van der Waals surface area contributed by atoms with Gasteiger partial charge >= 0.3 is 0 Å². The van der Waals surface area contributed by atoms with Crippen LogP contribution in [-0.2, 0) is 4.79 Å². The summed E-state index contributed by atoms with van der Waals surface area (Å²) in [4.78, 5) is 23.4. The molecule has 2 heterocycles. The largest absolute Gasteiger partial charge is 0.357 e. The number of imidazole rings is 1. The minimum absolute atomic E-state index is 0.0460. The zero-order valence-corrected chi connectivity index (χ0v) is 17.0. The number of rotatable bonds is 5. The lowest BCUT2D eigenvalue weighted by Crippen LogP contribution is -2.49. The van der Waals surface area contributed by atoms with Crippen LogP contribution in [0.1, 0.15) is 31.9 Å². The van der Waals surface area contributed by atoms with Crippen molar-refractivity contribution < 1.29 is 4.79 Å². The van der Waals surface area contributed by atoms with Gasteiger partial charge in [0.1, 0.15) is 6.54 Å². The molecular formula is C22H28N6O. The summed E-state index contributed by atoms with van der Waals surface area (Å²) in [6.45, 7) is 6.82. The van der Waals surface area contributed by atoms with Gasteiger partial charge in [-0.15, -0.1) is 6.42 Å². The average molecular weight is 393 g/mol. The van der Waals surface area contributed by atoms with Gasteiger partial charge < -0.3 is 20.1 Å².